The Bertz CT molecular complexity index is 725. The number of anilines is 2. The third kappa shape index (κ3) is 5.16. The first-order valence-corrected chi connectivity index (χ1v) is 12.9. The second-order valence-corrected chi connectivity index (χ2v) is 11.2. The molecule has 2 fully saturated rings. The van der Waals surface area contributed by atoms with Crippen molar-refractivity contribution in [3.63, 3.8) is 0 Å². The molecule has 0 amide bonds. The van der Waals surface area contributed by atoms with Crippen LogP contribution in [-0.4, -0.2) is 57.8 Å². The lowest BCUT2D eigenvalue weighted by Gasteiger charge is -2.41. The first-order chi connectivity index (χ1) is 14.9. The van der Waals surface area contributed by atoms with Gasteiger partial charge in [0.05, 0.1) is 12.2 Å². The fraction of sp³-hybridized carbons (Fsp3) is 0.778. The van der Waals surface area contributed by atoms with Gasteiger partial charge in [0, 0.05) is 45.0 Å². The summed E-state index contributed by atoms with van der Waals surface area (Å²) in [6.45, 7) is 17.3. The Kier molecular flexibility index (Phi) is 7.05. The first-order valence-electron chi connectivity index (χ1n) is 12.9. The molecule has 1 aliphatic carbocycles. The highest BCUT2D eigenvalue weighted by molar-refractivity contribution is 5.71. The molecule has 1 aromatic carbocycles. The molecule has 1 aromatic rings. The Morgan fingerprint density at radius 3 is 2.29 bits per heavy atom. The maximum absolute atomic E-state index is 6.12. The molecule has 4 rings (SSSR count). The lowest BCUT2D eigenvalue weighted by molar-refractivity contribution is 0.169. The van der Waals surface area contributed by atoms with Crippen molar-refractivity contribution >= 4 is 11.4 Å². The average Bonchev–Trinajstić information content (AvgIpc) is 2.77. The van der Waals surface area contributed by atoms with Crippen molar-refractivity contribution in [2.45, 2.75) is 72.1 Å². The molecule has 2 aliphatic heterocycles. The molecule has 3 aliphatic rings. The highest BCUT2D eigenvalue weighted by Crippen LogP contribution is 2.48. The van der Waals surface area contributed by atoms with E-state index in [1.807, 2.05) is 0 Å². The largest absolute Gasteiger partial charge is 0.489 e. The van der Waals surface area contributed by atoms with E-state index < -0.39 is 0 Å². The van der Waals surface area contributed by atoms with Gasteiger partial charge in [-0.25, -0.2) is 0 Å². The van der Waals surface area contributed by atoms with Gasteiger partial charge in [0.1, 0.15) is 12.4 Å². The predicted octanol–water partition coefficient (Wildman–Crippen LogP) is 5.76. The fourth-order valence-electron chi connectivity index (χ4n) is 5.87. The first kappa shape index (κ1) is 22.8. The van der Waals surface area contributed by atoms with Crippen LogP contribution in [0.25, 0.3) is 0 Å². The van der Waals surface area contributed by atoms with Crippen LogP contribution in [0, 0.1) is 11.3 Å². The van der Waals surface area contributed by atoms with Gasteiger partial charge in [-0.1, -0.05) is 34.1 Å². The van der Waals surface area contributed by atoms with Gasteiger partial charge < -0.3 is 14.5 Å². The maximum atomic E-state index is 6.12. The number of hydrogen-bond acceptors (Lipinski definition) is 4. The summed E-state index contributed by atoms with van der Waals surface area (Å²) in [5.41, 5.74) is 4.78. The quantitative estimate of drug-likeness (QED) is 0.595. The third-order valence-corrected chi connectivity index (χ3v) is 8.14. The van der Waals surface area contributed by atoms with Crippen LogP contribution in [0.5, 0.6) is 5.75 Å². The van der Waals surface area contributed by atoms with Crippen molar-refractivity contribution in [3.8, 4) is 5.75 Å². The van der Waals surface area contributed by atoms with Crippen molar-refractivity contribution in [1.29, 1.82) is 0 Å². The molecular weight excluding hydrogens is 382 g/mol. The van der Waals surface area contributed by atoms with Crippen LogP contribution in [0.2, 0.25) is 0 Å². The fourth-order valence-corrected chi connectivity index (χ4v) is 5.87. The zero-order chi connectivity index (χ0) is 22.0. The molecule has 4 nitrogen and oxygen atoms in total. The van der Waals surface area contributed by atoms with E-state index in [4.69, 9.17) is 4.74 Å². The molecule has 0 atom stereocenters. The number of benzene rings is 1. The Morgan fingerprint density at radius 1 is 0.935 bits per heavy atom. The molecule has 0 aromatic heterocycles. The second-order valence-electron chi connectivity index (χ2n) is 11.2. The van der Waals surface area contributed by atoms with Crippen molar-refractivity contribution in [2.24, 2.45) is 11.3 Å². The molecule has 0 bridgehead atoms. The number of piperazine rings is 1. The summed E-state index contributed by atoms with van der Waals surface area (Å²) < 4.78 is 6.12. The summed E-state index contributed by atoms with van der Waals surface area (Å²) in [4.78, 5) is 7.69. The van der Waals surface area contributed by atoms with Gasteiger partial charge in [0.2, 0.25) is 0 Å². The van der Waals surface area contributed by atoms with Crippen LogP contribution in [0.4, 0.5) is 11.4 Å². The summed E-state index contributed by atoms with van der Waals surface area (Å²) in [6.07, 6.45) is 7.99. The van der Waals surface area contributed by atoms with E-state index in [1.54, 1.807) is 5.56 Å². The van der Waals surface area contributed by atoms with Crippen LogP contribution < -0.4 is 14.5 Å². The number of fused-ring (bicyclic) bond motifs is 1. The number of likely N-dealkylation sites (N-methyl/N-ethyl adjacent to an activating group) is 1. The van der Waals surface area contributed by atoms with Crippen LogP contribution >= 0.6 is 0 Å². The minimum atomic E-state index is 0.437. The lowest BCUT2D eigenvalue weighted by atomic mass is 9.68. The number of hydrogen-bond donors (Lipinski definition) is 0. The molecule has 1 saturated heterocycles. The molecule has 31 heavy (non-hydrogen) atoms. The van der Waals surface area contributed by atoms with Gasteiger partial charge in [-0.2, -0.15) is 0 Å². The summed E-state index contributed by atoms with van der Waals surface area (Å²) >= 11 is 0. The molecule has 0 spiro atoms. The monoisotopic (exact) mass is 427 g/mol. The Morgan fingerprint density at radius 2 is 1.65 bits per heavy atom. The number of nitrogens with zero attached hydrogens (tertiary/aromatic N) is 3. The average molecular weight is 428 g/mol. The van der Waals surface area contributed by atoms with Gasteiger partial charge in [0.25, 0.3) is 0 Å². The van der Waals surface area contributed by atoms with E-state index >= 15 is 0 Å². The second kappa shape index (κ2) is 9.60. The van der Waals surface area contributed by atoms with Crippen molar-refractivity contribution < 1.29 is 4.74 Å². The van der Waals surface area contributed by atoms with Crippen LogP contribution in [0.3, 0.4) is 0 Å². The van der Waals surface area contributed by atoms with Gasteiger partial charge >= 0.3 is 0 Å². The van der Waals surface area contributed by atoms with Gasteiger partial charge in [0.15, 0.2) is 0 Å². The van der Waals surface area contributed by atoms with Crippen molar-refractivity contribution in [2.75, 3.05) is 62.7 Å². The van der Waals surface area contributed by atoms with Gasteiger partial charge in [-0.3, -0.25) is 4.90 Å². The summed E-state index contributed by atoms with van der Waals surface area (Å²) in [6, 6.07) is 4.88. The lowest BCUT2D eigenvalue weighted by Crippen LogP contribution is -2.47. The van der Waals surface area contributed by atoms with Crippen molar-refractivity contribution in [1.82, 2.24) is 4.90 Å². The predicted molar refractivity (Wildman–Crippen MR) is 133 cm³/mol. The summed E-state index contributed by atoms with van der Waals surface area (Å²) in [5.74, 6) is 2.63. The molecule has 1 saturated carbocycles. The van der Waals surface area contributed by atoms with E-state index in [9.17, 15) is 0 Å². The molecule has 0 radical (unpaired) electrons. The highest BCUT2D eigenvalue weighted by atomic mass is 16.5. The van der Waals surface area contributed by atoms with E-state index in [2.05, 4.69) is 61.6 Å². The van der Waals surface area contributed by atoms with Crippen LogP contribution in [0.1, 0.15) is 77.7 Å². The Hall–Kier alpha value is -1.42. The molecule has 4 heteroatoms. The Balaban J connectivity index is 1.56. The molecule has 174 valence electrons. The summed E-state index contributed by atoms with van der Waals surface area (Å²) in [5, 5.41) is 0. The minimum absolute atomic E-state index is 0.437. The molecule has 0 unspecified atom stereocenters. The van der Waals surface area contributed by atoms with Crippen molar-refractivity contribution in [3.05, 3.63) is 17.7 Å². The van der Waals surface area contributed by atoms with Crippen LogP contribution in [0.15, 0.2) is 12.1 Å². The normalized spacial score (nSPS) is 25.3. The number of unbranched alkanes of at least 4 members (excludes halogenated alkanes) is 1. The van der Waals surface area contributed by atoms with E-state index in [0.29, 0.717) is 11.3 Å². The maximum Gasteiger partial charge on any atom is 0.144 e. The smallest absolute Gasteiger partial charge is 0.144 e. The van der Waals surface area contributed by atoms with Gasteiger partial charge in [-0.15, -0.1) is 0 Å². The standard InChI is InChI=1S/C27H45N3O/c1-6-7-12-29-13-15-30(16-14-29)24-20-26-25(28(5)17-18-31-26)19-23(24)21-8-10-22(11-9-21)27(2,3)4/h19-22H,6-18H2,1-5H3. The van der Waals surface area contributed by atoms with E-state index in [1.165, 1.54) is 69.5 Å². The van der Waals surface area contributed by atoms with Crippen LogP contribution in [-0.2, 0) is 0 Å². The highest BCUT2D eigenvalue weighted by Gasteiger charge is 2.33. The van der Waals surface area contributed by atoms with Gasteiger partial charge in [-0.05, 0) is 67.5 Å². The zero-order valence-electron chi connectivity index (χ0n) is 20.8. The Labute approximate surface area is 190 Å². The molecular formula is C27H45N3O. The number of ether oxygens (including phenoxy) is 1. The topological polar surface area (TPSA) is 19.0 Å². The summed E-state index contributed by atoms with van der Waals surface area (Å²) in [7, 11) is 2.22. The minimum Gasteiger partial charge on any atom is -0.489 e. The zero-order valence-corrected chi connectivity index (χ0v) is 20.8. The SMILES string of the molecule is CCCCN1CCN(c2cc3c(cc2C2CCC(C(C)(C)C)CC2)N(C)CCO3)CC1. The molecule has 0 N–H and O–H groups in total. The number of rotatable bonds is 5. The molecule has 2 heterocycles. The van der Waals surface area contributed by atoms with E-state index in [-0.39, 0.29) is 0 Å². The third-order valence-electron chi connectivity index (χ3n) is 8.14. The van der Waals surface area contributed by atoms with E-state index in [0.717, 1.165) is 37.9 Å².